The molecule has 1 aromatic heterocycles. The van der Waals surface area contributed by atoms with Crippen LogP contribution in [0.1, 0.15) is 44.9 Å². The molecule has 1 rings (SSSR count). The van der Waals surface area contributed by atoms with E-state index in [1.165, 1.54) is 12.0 Å². The maximum atomic E-state index is 9.86. The molecule has 1 atom stereocenters. The number of aryl methyl sites for hydroxylation is 2. The van der Waals surface area contributed by atoms with Crippen molar-refractivity contribution >= 4 is 0 Å². The minimum absolute atomic E-state index is 0.402. The number of hydrogen-bond acceptors (Lipinski definition) is 4. The zero-order valence-electron chi connectivity index (χ0n) is 13.9. The summed E-state index contributed by atoms with van der Waals surface area (Å²) in [6.45, 7) is 8.94. The van der Waals surface area contributed by atoms with Crippen molar-refractivity contribution in [2.45, 2.75) is 52.7 Å². The minimum Gasteiger partial charge on any atom is -0.389 e. The summed E-state index contributed by atoms with van der Waals surface area (Å²) < 4.78 is 7.33. The summed E-state index contributed by atoms with van der Waals surface area (Å²) in [5.74, 6) is 0.715. The maximum Gasteiger partial charge on any atom is 0.0897 e. The van der Waals surface area contributed by atoms with Gasteiger partial charge in [-0.3, -0.25) is 4.68 Å². The summed E-state index contributed by atoms with van der Waals surface area (Å²) in [5, 5.41) is 17.5. The van der Waals surface area contributed by atoms with Crippen LogP contribution >= 0.6 is 0 Å². The number of rotatable bonds is 11. The fourth-order valence-corrected chi connectivity index (χ4v) is 2.27. The predicted molar refractivity (Wildman–Crippen MR) is 85.2 cm³/mol. The summed E-state index contributed by atoms with van der Waals surface area (Å²) in [6.07, 6.45) is 4.74. The van der Waals surface area contributed by atoms with Gasteiger partial charge in [-0.2, -0.15) is 5.10 Å². The predicted octanol–water partition coefficient (Wildman–Crippen LogP) is 1.89. The Morgan fingerprint density at radius 1 is 1.43 bits per heavy atom. The number of ether oxygens (including phenoxy) is 1. The van der Waals surface area contributed by atoms with Crippen molar-refractivity contribution in [3.8, 4) is 0 Å². The first-order chi connectivity index (χ1) is 10.0. The molecule has 1 heterocycles. The normalized spacial score (nSPS) is 13.0. The van der Waals surface area contributed by atoms with Gasteiger partial charge < -0.3 is 15.2 Å². The third-order valence-corrected chi connectivity index (χ3v) is 3.40. The number of aromatic nitrogens is 2. The largest absolute Gasteiger partial charge is 0.389 e. The molecule has 0 bridgehead atoms. The first-order valence-electron chi connectivity index (χ1n) is 8.00. The number of nitrogens with zero attached hydrogens (tertiary/aromatic N) is 2. The summed E-state index contributed by atoms with van der Waals surface area (Å²) >= 11 is 0. The van der Waals surface area contributed by atoms with Crippen LogP contribution in [0.4, 0.5) is 0 Å². The molecule has 0 aliphatic carbocycles. The van der Waals surface area contributed by atoms with Crippen LogP contribution in [-0.4, -0.2) is 40.7 Å². The first-order valence-corrected chi connectivity index (χ1v) is 8.00. The Morgan fingerprint density at radius 2 is 2.19 bits per heavy atom. The zero-order chi connectivity index (χ0) is 15.7. The lowest BCUT2D eigenvalue weighted by Crippen LogP contribution is -2.30. The van der Waals surface area contributed by atoms with Gasteiger partial charge in [-0.1, -0.05) is 20.8 Å². The molecule has 0 fully saturated rings. The Morgan fingerprint density at radius 3 is 2.86 bits per heavy atom. The molecule has 1 unspecified atom stereocenters. The van der Waals surface area contributed by atoms with Crippen molar-refractivity contribution in [1.29, 1.82) is 0 Å². The van der Waals surface area contributed by atoms with E-state index in [1.807, 2.05) is 17.9 Å². The molecule has 0 aliphatic heterocycles. The van der Waals surface area contributed by atoms with Gasteiger partial charge in [-0.25, -0.2) is 0 Å². The van der Waals surface area contributed by atoms with Crippen LogP contribution in [0.15, 0.2) is 6.20 Å². The number of nitrogens with one attached hydrogen (secondary N) is 1. The van der Waals surface area contributed by atoms with E-state index < -0.39 is 6.10 Å². The lowest BCUT2D eigenvalue weighted by molar-refractivity contribution is 0.0346. The molecule has 21 heavy (non-hydrogen) atoms. The fourth-order valence-electron chi connectivity index (χ4n) is 2.27. The van der Waals surface area contributed by atoms with Crippen molar-refractivity contribution in [3.05, 3.63) is 17.5 Å². The number of hydrogen-bond donors (Lipinski definition) is 2. The van der Waals surface area contributed by atoms with E-state index in [1.54, 1.807) is 0 Å². The Kier molecular flexibility index (Phi) is 8.57. The zero-order valence-corrected chi connectivity index (χ0v) is 13.9. The summed E-state index contributed by atoms with van der Waals surface area (Å²) in [4.78, 5) is 0. The lowest BCUT2D eigenvalue weighted by atomic mass is 10.1. The average Bonchev–Trinajstić information content (AvgIpc) is 2.78. The Balaban J connectivity index is 2.11. The smallest absolute Gasteiger partial charge is 0.0897 e. The topological polar surface area (TPSA) is 59.3 Å². The molecular formula is C16H31N3O2. The second-order valence-corrected chi connectivity index (χ2v) is 6.02. The van der Waals surface area contributed by atoms with Gasteiger partial charge in [0.2, 0.25) is 0 Å². The Bertz CT molecular complexity index is 391. The molecule has 5 heteroatoms. The maximum absolute atomic E-state index is 9.86. The molecule has 2 N–H and O–H groups in total. The van der Waals surface area contributed by atoms with Gasteiger partial charge in [0.1, 0.15) is 0 Å². The molecule has 0 saturated heterocycles. The summed E-state index contributed by atoms with van der Waals surface area (Å²) in [7, 11) is 1.93. The van der Waals surface area contributed by atoms with E-state index in [2.05, 4.69) is 31.2 Å². The highest BCUT2D eigenvalue weighted by molar-refractivity contribution is 5.16. The highest BCUT2D eigenvalue weighted by Crippen LogP contribution is 2.06. The molecule has 0 spiro atoms. The second-order valence-electron chi connectivity index (χ2n) is 6.02. The molecule has 0 aliphatic rings. The van der Waals surface area contributed by atoms with E-state index in [0.29, 0.717) is 19.1 Å². The third-order valence-electron chi connectivity index (χ3n) is 3.40. The molecular weight excluding hydrogens is 266 g/mol. The van der Waals surface area contributed by atoms with E-state index in [0.717, 1.165) is 31.7 Å². The van der Waals surface area contributed by atoms with Gasteiger partial charge in [0, 0.05) is 38.5 Å². The fraction of sp³-hybridized carbons (Fsp3) is 0.812. The molecule has 1 aromatic rings. The standard InChI is InChI=1S/C16H31N3O2/c1-5-16-14(11-19(4)18-16)9-17-10-15(20)12-21-8-6-7-13(2)3/h11,13,15,17,20H,5-10,12H2,1-4H3. The molecule has 5 nitrogen and oxygen atoms in total. The number of aliphatic hydroxyl groups is 1. The molecule has 0 radical (unpaired) electrons. The van der Waals surface area contributed by atoms with E-state index in [-0.39, 0.29) is 0 Å². The SMILES string of the molecule is CCc1nn(C)cc1CNCC(O)COCCCC(C)C. The minimum atomic E-state index is -0.453. The van der Waals surface area contributed by atoms with E-state index in [9.17, 15) is 5.11 Å². The van der Waals surface area contributed by atoms with Crippen molar-refractivity contribution in [2.75, 3.05) is 19.8 Å². The van der Waals surface area contributed by atoms with Crippen molar-refractivity contribution in [1.82, 2.24) is 15.1 Å². The van der Waals surface area contributed by atoms with E-state index in [4.69, 9.17) is 4.74 Å². The molecule has 122 valence electrons. The van der Waals surface area contributed by atoms with Gasteiger partial charge >= 0.3 is 0 Å². The van der Waals surface area contributed by atoms with Crippen molar-refractivity contribution in [2.24, 2.45) is 13.0 Å². The van der Waals surface area contributed by atoms with E-state index >= 15 is 0 Å². The highest BCUT2D eigenvalue weighted by atomic mass is 16.5. The van der Waals surface area contributed by atoms with Gasteiger partial charge in [-0.05, 0) is 25.2 Å². The third kappa shape index (κ3) is 7.60. The average molecular weight is 297 g/mol. The molecule has 0 saturated carbocycles. The Labute approximate surface area is 128 Å². The van der Waals surface area contributed by atoms with Gasteiger partial charge in [-0.15, -0.1) is 0 Å². The summed E-state index contributed by atoms with van der Waals surface area (Å²) in [5.41, 5.74) is 2.31. The Hall–Kier alpha value is -0.910. The summed E-state index contributed by atoms with van der Waals surface area (Å²) in [6, 6.07) is 0. The van der Waals surface area contributed by atoms with Crippen LogP contribution < -0.4 is 5.32 Å². The molecule has 0 aromatic carbocycles. The quantitative estimate of drug-likeness (QED) is 0.612. The van der Waals surface area contributed by atoms with Crippen molar-refractivity contribution in [3.63, 3.8) is 0 Å². The van der Waals surface area contributed by atoms with Gasteiger partial charge in [0.15, 0.2) is 0 Å². The second kappa shape index (κ2) is 9.92. The van der Waals surface area contributed by atoms with Crippen LogP contribution in [0.2, 0.25) is 0 Å². The molecule has 0 amide bonds. The first kappa shape index (κ1) is 18.1. The lowest BCUT2D eigenvalue weighted by Gasteiger charge is -2.12. The van der Waals surface area contributed by atoms with Crippen LogP contribution in [0.25, 0.3) is 0 Å². The van der Waals surface area contributed by atoms with Crippen LogP contribution in [0.3, 0.4) is 0 Å². The van der Waals surface area contributed by atoms with Crippen molar-refractivity contribution < 1.29 is 9.84 Å². The van der Waals surface area contributed by atoms with Crippen LogP contribution in [0, 0.1) is 5.92 Å². The highest BCUT2D eigenvalue weighted by Gasteiger charge is 2.08. The van der Waals surface area contributed by atoms with Gasteiger partial charge in [0.05, 0.1) is 18.4 Å². The van der Waals surface area contributed by atoms with Gasteiger partial charge in [0.25, 0.3) is 0 Å². The van der Waals surface area contributed by atoms with Crippen LogP contribution in [-0.2, 0) is 24.8 Å². The van der Waals surface area contributed by atoms with Crippen LogP contribution in [0.5, 0.6) is 0 Å². The number of aliphatic hydroxyl groups excluding tert-OH is 1. The monoisotopic (exact) mass is 297 g/mol.